The maximum Gasteiger partial charge on any atom is 0.341 e. The molecule has 1 aliphatic rings. The molecule has 0 aliphatic carbocycles. The van der Waals surface area contributed by atoms with Crippen molar-refractivity contribution in [2.75, 3.05) is 11.5 Å². The summed E-state index contributed by atoms with van der Waals surface area (Å²) in [4.78, 5) is 39.7. The minimum Gasteiger partial charge on any atom is -0.462 e. The Morgan fingerprint density at radius 1 is 0.929 bits per heavy atom. The van der Waals surface area contributed by atoms with Crippen LogP contribution in [0.4, 0.5) is 5.00 Å². The van der Waals surface area contributed by atoms with Gasteiger partial charge in [0.25, 0.3) is 11.8 Å². The summed E-state index contributed by atoms with van der Waals surface area (Å²) in [6, 6.07) is 14.3. The van der Waals surface area contributed by atoms with Gasteiger partial charge in [-0.2, -0.15) is 0 Å². The van der Waals surface area contributed by atoms with E-state index < -0.39 is 17.8 Å². The molecule has 3 aromatic rings. The van der Waals surface area contributed by atoms with E-state index in [0.717, 1.165) is 16.0 Å². The molecular formula is C22H17NO4S. The molecule has 28 heavy (non-hydrogen) atoms. The Morgan fingerprint density at radius 2 is 1.50 bits per heavy atom. The van der Waals surface area contributed by atoms with Gasteiger partial charge in [0.15, 0.2) is 0 Å². The Hall–Kier alpha value is -3.25. The topological polar surface area (TPSA) is 63.7 Å². The maximum absolute atomic E-state index is 12.9. The summed E-state index contributed by atoms with van der Waals surface area (Å²) in [6.07, 6.45) is 0. The van der Waals surface area contributed by atoms with Gasteiger partial charge in [-0.25, -0.2) is 9.69 Å². The zero-order valence-electron chi connectivity index (χ0n) is 15.4. The van der Waals surface area contributed by atoms with Crippen LogP contribution in [0.2, 0.25) is 0 Å². The molecular weight excluding hydrogens is 374 g/mol. The van der Waals surface area contributed by atoms with Gasteiger partial charge in [-0.1, -0.05) is 36.4 Å². The van der Waals surface area contributed by atoms with Crippen LogP contribution in [-0.2, 0) is 4.74 Å². The number of fused-ring (bicyclic) bond motifs is 1. The van der Waals surface area contributed by atoms with Gasteiger partial charge in [0.1, 0.15) is 10.6 Å². The highest BCUT2D eigenvalue weighted by Crippen LogP contribution is 2.42. The minimum absolute atomic E-state index is 0.198. The lowest BCUT2D eigenvalue weighted by Crippen LogP contribution is -2.30. The summed E-state index contributed by atoms with van der Waals surface area (Å²) < 4.78 is 5.25. The lowest BCUT2D eigenvalue weighted by Gasteiger charge is -2.15. The molecule has 6 heteroatoms. The monoisotopic (exact) mass is 391 g/mol. The molecule has 0 saturated carbocycles. The van der Waals surface area contributed by atoms with Crippen LogP contribution in [0.5, 0.6) is 0 Å². The number of hydrogen-bond donors (Lipinski definition) is 0. The summed E-state index contributed by atoms with van der Waals surface area (Å²) in [5.41, 5.74) is 3.44. The van der Waals surface area contributed by atoms with Crippen molar-refractivity contribution in [2.24, 2.45) is 0 Å². The Balaban J connectivity index is 1.90. The van der Waals surface area contributed by atoms with Gasteiger partial charge >= 0.3 is 5.97 Å². The van der Waals surface area contributed by atoms with Crippen molar-refractivity contribution >= 4 is 34.1 Å². The van der Waals surface area contributed by atoms with Crippen LogP contribution >= 0.6 is 11.3 Å². The number of imide groups is 1. The number of aryl methyl sites for hydroxylation is 1. The van der Waals surface area contributed by atoms with Crippen molar-refractivity contribution in [1.82, 2.24) is 0 Å². The lowest BCUT2D eigenvalue weighted by molar-refractivity contribution is 0.0529. The average Bonchev–Trinajstić information content (AvgIpc) is 3.22. The zero-order chi connectivity index (χ0) is 19.8. The molecule has 0 saturated heterocycles. The van der Waals surface area contributed by atoms with Crippen LogP contribution in [0.15, 0.2) is 53.9 Å². The predicted octanol–water partition coefficient (Wildman–Crippen LogP) is 4.70. The highest BCUT2D eigenvalue weighted by molar-refractivity contribution is 7.15. The van der Waals surface area contributed by atoms with Crippen LogP contribution in [0.25, 0.3) is 11.1 Å². The predicted molar refractivity (Wildman–Crippen MR) is 108 cm³/mol. The van der Waals surface area contributed by atoms with Crippen molar-refractivity contribution in [1.29, 1.82) is 0 Å². The van der Waals surface area contributed by atoms with Crippen molar-refractivity contribution in [3.05, 3.63) is 76.2 Å². The molecule has 0 spiro atoms. The molecule has 0 radical (unpaired) electrons. The van der Waals surface area contributed by atoms with Gasteiger partial charge in [-0.05, 0) is 37.1 Å². The first-order valence-electron chi connectivity index (χ1n) is 8.87. The molecule has 0 bridgehead atoms. The molecule has 140 valence electrons. The van der Waals surface area contributed by atoms with Gasteiger partial charge in [0.2, 0.25) is 0 Å². The van der Waals surface area contributed by atoms with Crippen molar-refractivity contribution in [3.63, 3.8) is 0 Å². The Kier molecular flexibility index (Phi) is 4.57. The second kappa shape index (κ2) is 7.05. The summed E-state index contributed by atoms with van der Waals surface area (Å²) in [6.45, 7) is 3.87. The first-order chi connectivity index (χ1) is 13.5. The van der Waals surface area contributed by atoms with Crippen LogP contribution in [0.1, 0.15) is 43.6 Å². The smallest absolute Gasteiger partial charge is 0.341 e. The second-order valence-electron chi connectivity index (χ2n) is 6.36. The SMILES string of the molecule is CCOC(=O)c1c(-c2ccccc2C)csc1N1C(=O)c2ccccc2C1=O. The number of hydrogen-bond acceptors (Lipinski definition) is 5. The molecule has 0 N–H and O–H groups in total. The van der Waals surface area contributed by atoms with E-state index in [2.05, 4.69) is 0 Å². The molecule has 5 nitrogen and oxygen atoms in total. The van der Waals surface area contributed by atoms with Crippen LogP contribution < -0.4 is 4.90 Å². The molecule has 1 aromatic heterocycles. The van der Waals surface area contributed by atoms with E-state index in [0.29, 0.717) is 21.7 Å². The summed E-state index contributed by atoms with van der Waals surface area (Å²) >= 11 is 1.19. The molecule has 0 unspecified atom stereocenters. The normalized spacial score (nSPS) is 13.0. The third kappa shape index (κ3) is 2.73. The fourth-order valence-corrected chi connectivity index (χ4v) is 4.42. The van der Waals surface area contributed by atoms with Crippen LogP contribution in [0.3, 0.4) is 0 Å². The van der Waals surface area contributed by atoms with E-state index in [9.17, 15) is 14.4 Å². The van der Waals surface area contributed by atoms with Crippen LogP contribution in [-0.4, -0.2) is 24.4 Å². The number of amides is 2. The summed E-state index contributed by atoms with van der Waals surface area (Å²) in [5.74, 6) is -1.40. The number of ether oxygens (including phenoxy) is 1. The van der Waals surface area contributed by atoms with E-state index in [1.807, 2.05) is 31.2 Å². The molecule has 2 heterocycles. The Morgan fingerprint density at radius 3 is 2.07 bits per heavy atom. The third-order valence-electron chi connectivity index (χ3n) is 4.68. The second-order valence-corrected chi connectivity index (χ2v) is 7.21. The number of carbonyl (C=O) groups excluding carboxylic acids is 3. The van der Waals surface area contributed by atoms with Crippen molar-refractivity contribution in [3.8, 4) is 11.1 Å². The van der Waals surface area contributed by atoms with Gasteiger partial charge in [0, 0.05) is 10.9 Å². The molecule has 4 rings (SSSR count). The minimum atomic E-state index is -0.548. The van der Waals surface area contributed by atoms with Crippen LogP contribution in [0, 0.1) is 6.92 Å². The number of rotatable bonds is 4. The largest absolute Gasteiger partial charge is 0.462 e. The van der Waals surface area contributed by atoms with Gasteiger partial charge in [0.05, 0.1) is 17.7 Å². The molecule has 0 atom stereocenters. The number of carbonyl (C=O) groups is 3. The van der Waals surface area contributed by atoms with E-state index in [1.54, 1.807) is 36.6 Å². The van der Waals surface area contributed by atoms with Gasteiger partial charge in [-0.3, -0.25) is 9.59 Å². The fourth-order valence-electron chi connectivity index (χ4n) is 3.36. The van der Waals surface area contributed by atoms with Crippen molar-refractivity contribution in [2.45, 2.75) is 13.8 Å². The number of anilines is 1. The van der Waals surface area contributed by atoms with E-state index >= 15 is 0 Å². The lowest BCUT2D eigenvalue weighted by atomic mass is 9.99. The quantitative estimate of drug-likeness (QED) is 0.478. The highest BCUT2D eigenvalue weighted by Gasteiger charge is 2.40. The summed E-state index contributed by atoms with van der Waals surface area (Å²) in [5, 5.41) is 2.09. The van der Waals surface area contributed by atoms with Gasteiger partial charge in [-0.15, -0.1) is 11.3 Å². The molecule has 1 aliphatic heterocycles. The van der Waals surface area contributed by atoms with E-state index in [-0.39, 0.29) is 12.2 Å². The standard InChI is InChI=1S/C22H17NO4S/c1-3-27-22(26)18-17(14-9-5-4-8-13(14)2)12-28-21(18)23-19(24)15-10-6-7-11-16(15)20(23)25/h4-12H,3H2,1-2H3. The Bertz CT molecular complexity index is 1080. The Labute approximate surface area is 166 Å². The maximum atomic E-state index is 12.9. The molecule has 2 aromatic carbocycles. The van der Waals surface area contributed by atoms with E-state index in [4.69, 9.17) is 4.74 Å². The number of esters is 1. The third-order valence-corrected chi connectivity index (χ3v) is 5.65. The van der Waals surface area contributed by atoms with Gasteiger partial charge < -0.3 is 4.74 Å². The summed E-state index contributed by atoms with van der Waals surface area (Å²) in [7, 11) is 0. The first kappa shape index (κ1) is 18.1. The number of nitrogens with zero attached hydrogens (tertiary/aromatic N) is 1. The number of thiophene rings is 1. The molecule has 0 fully saturated rings. The number of benzene rings is 2. The average molecular weight is 391 g/mol. The first-order valence-corrected chi connectivity index (χ1v) is 9.75. The zero-order valence-corrected chi connectivity index (χ0v) is 16.2. The van der Waals surface area contributed by atoms with E-state index in [1.165, 1.54) is 11.3 Å². The molecule has 2 amide bonds. The van der Waals surface area contributed by atoms with Crippen molar-refractivity contribution < 1.29 is 19.1 Å². The fraction of sp³-hybridized carbons (Fsp3) is 0.136. The highest BCUT2D eigenvalue weighted by atomic mass is 32.1.